The topological polar surface area (TPSA) is 74.3 Å². The van der Waals surface area contributed by atoms with Gasteiger partial charge in [0.2, 0.25) is 0 Å². The lowest BCUT2D eigenvalue weighted by Crippen LogP contribution is -2.36. The lowest BCUT2D eigenvalue weighted by atomic mass is 10.2. The average Bonchev–Trinajstić information content (AvgIpc) is 2.70. The summed E-state index contributed by atoms with van der Waals surface area (Å²) in [5.41, 5.74) is 0.853. The summed E-state index contributed by atoms with van der Waals surface area (Å²) >= 11 is 1.32. The summed E-state index contributed by atoms with van der Waals surface area (Å²) in [6, 6.07) is 0.114. The summed E-state index contributed by atoms with van der Waals surface area (Å²) in [6.07, 6.45) is 4.07. The van der Waals surface area contributed by atoms with Gasteiger partial charge in [-0.25, -0.2) is 9.71 Å². The van der Waals surface area contributed by atoms with E-state index in [1.807, 2.05) is 19.4 Å². The van der Waals surface area contributed by atoms with Gasteiger partial charge < -0.3 is 5.32 Å². The standard InChI is InChI=1S/C12H22N4O2S2/c1-10(13-2)11-9-19-12(14-11)15-20(17,18)16-7-5-3-4-6-8-16/h9-10,13H,3-8H2,1-2H3,(H,14,15). The fraction of sp³-hybridized carbons (Fsp3) is 0.750. The van der Waals surface area contributed by atoms with Gasteiger partial charge in [0, 0.05) is 24.5 Å². The molecule has 1 aromatic rings. The molecule has 0 spiro atoms. The van der Waals surface area contributed by atoms with Crippen LogP contribution >= 0.6 is 11.3 Å². The maximum absolute atomic E-state index is 12.3. The van der Waals surface area contributed by atoms with Gasteiger partial charge >= 0.3 is 10.2 Å². The van der Waals surface area contributed by atoms with Crippen LogP contribution in [0.3, 0.4) is 0 Å². The Morgan fingerprint density at radius 3 is 2.55 bits per heavy atom. The van der Waals surface area contributed by atoms with Gasteiger partial charge in [-0.1, -0.05) is 12.8 Å². The van der Waals surface area contributed by atoms with Gasteiger partial charge in [0.15, 0.2) is 5.13 Å². The number of anilines is 1. The molecule has 0 amide bonds. The third-order valence-electron chi connectivity index (χ3n) is 3.52. The van der Waals surface area contributed by atoms with E-state index in [-0.39, 0.29) is 6.04 Å². The first-order valence-corrected chi connectivity index (χ1v) is 9.25. The number of thiazole rings is 1. The highest BCUT2D eigenvalue weighted by Crippen LogP contribution is 2.22. The predicted octanol–water partition coefficient (Wildman–Crippen LogP) is 1.96. The average molecular weight is 318 g/mol. The van der Waals surface area contributed by atoms with Crippen LogP contribution in [0.5, 0.6) is 0 Å². The molecule has 8 heteroatoms. The third-order valence-corrected chi connectivity index (χ3v) is 5.92. The summed E-state index contributed by atoms with van der Waals surface area (Å²) in [4.78, 5) is 4.32. The zero-order valence-corrected chi connectivity index (χ0v) is 13.6. The molecule has 0 aliphatic carbocycles. The van der Waals surface area contributed by atoms with Crippen LogP contribution < -0.4 is 10.0 Å². The highest BCUT2D eigenvalue weighted by atomic mass is 32.2. The summed E-state index contributed by atoms with van der Waals surface area (Å²) in [6.45, 7) is 3.18. The Morgan fingerprint density at radius 1 is 1.30 bits per heavy atom. The molecule has 6 nitrogen and oxygen atoms in total. The van der Waals surface area contributed by atoms with Gasteiger partial charge in [-0.05, 0) is 26.8 Å². The van der Waals surface area contributed by atoms with Crippen molar-refractivity contribution < 1.29 is 8.42 Å². The molecule has 0 saturated carbocycles. The van der Waals surface area contributed by atoms with E-state index in [2.05, 4.69) is 15.0 Å². The monoisotopic (exact) mass is 318 g/mol. The second kappa shape index (κ2) is 6.84. The zero-order chi connectivity index (χ0) is 14.6. The maximum Gasteiger partial charge on any atom is 0.303 e. The van der Waals surface area contributed by atoms with Crippen LogP contribution in [0.4, 0.5) is 5.13 Å². The van der Waals surface area contributed by atoms with Crippen LogP contribution in [-0.2, 0) is 10.2 Å². The first-order valence-electron chi connectivity index (χ1n) is 6.93. The first kappa shape index (κ1) is 15.7. The van der Waals surface area contributed by atoms with Crippen molar-refractivity contribution in [3.8, 4) is 0 Å². The maximum atomic E-state index is 12.3. The fourth-order valence-corrected chi connectivity index (χ4v) is 4.43. The Hall–Kier alpha value is -0.700. The smallest absolute Gasteiger partial charge is 0.303 e. The quantitative estimate of drug-likeness (QED) is 0.870. The Labute approximate surface area is 124 Å². The van der Waals surface area contributed by atoms with E-state index < -0.39 is 10.2 Å². The molecule has 1 atom stereocenters. The van der Waals surface area contributed by atoms with E-state index in [1.54, 1.807) is 0 Å². The van der Waals surface area contributed by atoms with Crippen LogP contribution in [0.2, 0.25) is 0 Å². The van der Waals surface area contributed by atoms with Crippen molar-refractivity contribution >= 4 is 26.7 Å². The number of hydrogen-bond acceptors (Lipinski definition) is 5. The van der Waals surface area contributed by atoms with E-state index in [9.17, 15) is 8.42 Å². The van der Waals surface area contributed by atoms with Gasteiger partial charge in [0.1, 0.15) is 0 Å². The predicted molar refractivity (Wildman–Crippen MR) is 82.2 cm³/mol. The molecule has 1 unspecified atom stereocenters. The minimum Gasteiger partial charge on any atom is -0.312 e. The Morgan fingerprint density at radius 2 is 1.95 bits per heavy atom. The van der Waals surface area contributed by atoms with E-state index >= 15 is 0 Å². The van der Waals surface area contributed by atoms with Crippen LogP contribution in [0.1, 0.15) is 44.3 Å². The first-order chi connectivity index (χ1) is 9.53. The van der Waals surface area contributed by atoms with E-state index in [0.717, 1.165) is 31.4 Å². The van der Waals surface area contributed by atoms with Crippen molar-refractivity contribution in [2.24, 2.45) is 0 Å². The van der Waals surface area contributed by atoms with Crippen molar-refractivity contribution in [3.63, 3.8) is 0 Å². The summed E-state index contributed by atoms with van der Waals surface area (Å²) in [5, 5.41) is 5.40. The normalized spacial score (nSPS) is 19.5. The molecule has 1 aliphatic heterocycles. The molecule has 2 rings (SSSR count). The van der Waals surface area contributed by atoms with Crippen LogP contribution in [0, 0.1) is 0 Å². The molecule has 1 saturated heterocycles. The highest BCUT2D eigenvalue weighted by Gasteiger charge is 2.24. The van der Waals surface area contributed by atoms with E-state index in [4.69, 9.17) is 0 Å². The number of hydrogen-bond donors (Lipinski definition) is 2. The molecule has 0 radical (unpaired) electrons. The van der Waals surface area contributed by atoms with Gasteiger partial charge in [-0.15, -0.1) is 11.3 Å². The molecule has 1 aromatic heterocycles. The Kier molecular flexibility index (Phi) is 5.36. The molecular weight excluding hydrogens is 296 g/mol. The fourth-order valence-electron chi connectivity index (χ4n) is 2.14. The van der Waals surface area contributed by atoms with Crippen molar-refractivity contribution in [1.82, 2.24) is 14.6 Å². The summed E-state index contributed by atoms with van der Waals surface area (Å²) in [5.74, 6) is 0. The Balaban J connectivity index is 2.05. The van der Waals surface area contributed by atoms with Crippen molar-refractivity contribution in [2.75, 3.05) is 24.9 Å². The molecule has 0 aromatic carbocycles. The summed E-state index contributed by atoms with van der Waals surface area (Å²) < 4.78 is 28.8. The van der Waals surface area contributed by atoms with E-state index in [0.29, 0.717) is 18.2 Å². The van der Waals surface area contributed by atoms with Crippen LogP contribution in [0.25, 0.3) is 0 Å². The Bertz CT molecular complexity index is 521. The SMILES string of the molecule is CNC(C)c1csc(NS(=O)(=O)N2CCCCCC2)n1. The number of aromatic nitrogens is 1. The number of nitrogens with one attached hydrogen (secondary N) is 2. The largest absolute Gasteiger partial charge is 0.312 e. The molecule has 20 heavy (non-hydrogen) atoms. The second-order valence-corrected chi connectivity index (χ2v) is 7.54. The summed E-state index contributed by atoms with van der Waals surface area (Å²) in [7, 11) is -1.62. The molecular formula is C12H22N4O2S2. The molecule has 2 heterocycles. The van der Waals surface area contributed by atoms with Crippen LogP contribution in [-0.4, -0.2) is 37.8 Å². The van der Waals surface area contributed by atoms with Crippen molar-refractivity contribution in [2.45, 2.75) is 38.6 Å². The minimum atomic E-state index is -3.47. The molecule has 1 fully saturated rings. The molecule has 2 N–H and O–H groups in total. The highest BCUT2D eigenvalue weighted by molar-refractivity contribution is 7.90. The van der Waals surface area contributed by atoms with E-state index in [1.165, 1.54) is 15.6 Å². The second-order valence-electron chi connectivity index (χ2n) is 5.01. The molecule has 1 aliphatic rings. The third kappa shape index (κ3) is 3.91. The van der Waals surface area contributed by atoms with Gasteiger partial charge in [-0.2, -0.15) is 12.7 Å². The van der Waals surface area contributed by atoms with Gasteiger partial charge in [0.25, 0.3) is 0 Å². The molecule has 114 valence electrons. The number of nitrogens with zero attached hydrogens (tertiary/aromatic N) is 2. The molecule has 0 bridgehead atoms. The zero-order valence-electron chi connectivity index (χ0n) is 11.9. The van der Waals surface area contributed by atoms with Gasteiger partial charge in [0.05, 0.1) is 5.69 Å². The lowest BCUT2D eigenvalue weighted by molar-refractivity contribution is 0.427. The minimum absolute atomic E-state index is 0.114. The lowest BCUT2D eigenvalue weighted by Gasteiger charge is -2.19. The number of rotatable bonds is 5. The van der Waals surface area contributed by atoms with Crippen molar-refractivity contribution in [3.05, 3.63) is 11.1 Å². The van der Waals surface area contributed by atoms with Crippen molar-refractivity contribution in [1.29, 1.82) is 0 Å². The van der Waals surface area contributed by atoms with Gasteiger partial charge in [-0.3, -0.25) is 0 Å². The van der Waals surface area contributed by atoms with Crippen LogP contribution in [0.15, 0.2) is 5.38 Å².